The predicted molar refractivity (Wildman–Crippen MR) is 73.5 cm³/mol. The fraction of sp³-hybridized carbons (Fsp3) is 0.333. The Morgan fingerprint density at radius 1 is 1.33 bits per heavy atom. The maximum absolute atomic E-state index is 6.28. The monoisotopic (exact) mass is 261 g/mol. The van der Waals surface area contributed by atoms with Crippen LogP contribution in [0.15, 0.2) is 47.4 Å². The van der Waals surface area contributed by atoms with Gasteiger partial charge in [-0.25, -0.2) is 0 Å². The lowest BCUT2D eigenvalue weighted by Gasteiger charge is -2.30. The number of hydrogen-bond donors (Lipinski definition) is 1. The SMILES string of the molecule is CC1=C2OCCNC2=CC(c2ccccc2Cl)C1. The highest BCUT2D eigenvalue weighted by Gasteiger charge is 2.25. The summed E-state index contributed by atoms with van der Waals surface area (Å²) in [7, 11) is 0. The molecular weight excluding hydrogens is 246 g/mol. The average molecular weight is 262 g/mol. The summed E-state index contributed by atoms with van der Waals surface area (Å²) in [5.41, 5.74) is 3.61. The van der Waals surface area contributed by atoms with E-state index in [0.717, 1.165) is 36.1 Å². The molecule has 0 saturated carbocycles. The first-order chi connectivity index (χ1) is 8.75. The van der Waals surface area contributed by atoms with Gasteiger partial charge >= 0.3 is 0 Å². The molecule has 1 atom stereocenters. The zero-order valence-corrected chi connectivity index (χ0v) is 11.1. The van der Waals surface area contributed by atoms with Gasteiger partial charge in [0.05, 0.1) is 5.70 Å². The van der Waals surface area contributed by atoms with Crippen LogP contribution >= 0.6 is 11.6 Å². The fourth-order valence-electron chi connectivity index (χ4n) is 2.64. The number of ether oxygens (including phenoxy) is 1. The van der Waals surface area contributed by atoms with Crippen LogP contribution < -0.4 is 5.32 Å². The molecule has 0 bridgehead atoms. The Morgan fingerprint density at radius 3 is 3.00 bits per heavy atom. The van der Waals surface area contributed by atoms with E-state index in [2.05, 4.69) is 24.4 Å². The minimum atomic E-state index is 0.339. The number of rotatable bonds is 1. The highest BCUT2D eigenvalue weighted by Crippen LogP contribution is 2.37. The van der Waals surface area contributed by atoms with Crippen molar-refractivity contribution in [3.05, 3.63) is 58.0 Å². The summed E-state index contributed by atoms with van der Waals surface area (Å²) in [4.78, 5) is 0. The Hall–Kier alpha value is -1.41. The first kappa shape index (κ1) is 11.7. The summed E-state index contributed by atoms with van der Waals surface area (Å²) in [5, 5.41) is 4.25. The molecular formula is C15H16ClNO. The van der Waals surface area contributed by atoms with E-state index in [-0.39, 0.29) is 0 Å². The number of halogens is 1. The van der Waals surface area contributed by atoms with E-state index in [9.17, 15) is 0 Å². The molecule has 0 amide bonds. The van der Waals surface area contributed by atoms with E-state index in [1.807, 2.05) is 18.2 Å². The number of fused-ring (bicyclic) bond motifs is 1. The highest BCUT2D eigenvalue weighted by atomic mass is 35.5. The van der Waals surface area contributed by atoms with E-state index in [1.165, 1.54) is 11.1 Å². The van der Waals surface area contributed by atoms with Gasteiger partial charge in [0.25, 0.3) is 0 Å². The average Bonchev–Trinajstić information content (AvgIpc) is 2.39. The number of nitrogens with one attached hydrogen (secondary N) is 1. The Morgan fingerprint density at radius 2 is 2.17 bits per heavy atom. The molecule has 2 aliphatic rings. The second kappa shape index (κ2) is 4.69. The van der Waals surface area contributed by atoms with Gasteiger partial charge < -0.3 is 10.1 Å². The molecule has 3 rings (SSSR count). The summed E-state index contributed by atoms with van der Waals surface area (Å²) in [6.45, 7) is 3.76. The maximum atomic E-state index is 6.28. The van der Waals surface area contributed by atoms with Crippen LogP contribution in [0.4, 0.5) is 0 Å². The molecule has 1 saturated heterocycles. The Labute approximate surface area is 112 Å². The van der Waals surface area contributed by atoms with E-state index < -0.39 is 0 Å². The number of hydrogen-bond acceptors (Lipinski definition) is 2. The van der Waals surface area contributed by atoms with Gasteiger partial charge in [0.15, 0.2) is 0 Å². The third-order valence-electron chi connectivity index (χ3n) is 3.49. The molecule has 0 spiro atoms. The number of allylic oxidation sites excluding steroid dienone is 2. The highest BCUT2D eigenvalue weighted by molar-refractivity contribution is 6.31. The lowest BCUT2D eigenvalue weighted by Crippen LogP contribution is -2.30. The fourth-order valence-corrected chi connectivity index (χ4v) is 2.92. The molecule has 94 valence electrons. The van der Waals surface area contributed by atoms with Crippen LogP contribution in [-0.4, -0.2) is 13.2 Å². The van der Waals surface area contributed by atoms with E-state index in [1.54, 1.807) is 0 Å². The largest absolute Gasteiger partial charge is 0.490 e. The van der Waals surface area contributed by atoms with Gasteiger partial charge in [-0.15, -0.1) is 0 Å². The van der Waals surface area contributed by atoms with Crippen LogP contribution in [0.5, 0.6) is 0 Å². The molecule has 1 heterocycles. The molecule has 1 unspecified atom stereocenters. The second-order valence-electron chi connectivity index (χ2n) is 4.80. The Bertz CT molecular complexity index is 533. The van der Waals surface area contributed by atoms with Crippen molar-refractivity contribution in [3.8, 4) is 0 Å². The summed E-state index contributed by atoms with van der Waals surface area (Å²) >= 11 is 6.28. The predicted octanol–water partition coefficient (Wildman–Crippen LogP) is 3.61. The van der Waals surface area contributed by atoms with Crippen molar-refractivity contribution >= 4 is 11.6 Å². The van der Waals surface area contributed by atoms with Crippen LogP contribution in [0.1, 0.15) is 24.8 Å². The van der Waals surface area contributed by atoms with Crippen molar-refractivity contribution in [3.63, 3.8) is 0 Å². The molecule has 3 heteroatoms. The van der Waals surface area contributed by atoms with Gasteiger partial charge in [0.1, 0.15) is 12.4 Å². The number of morpholine rings is 1. The minimum absolute atomic E-state index is 0.339. The van der Waals surface area contributed by atoms with Gasteiger partial charge in [0.2, 0.25) is 0 Å². The van der Waals surface area contributed by atoms with Crippen LogP contribution in [0.2, 0.25) is 5.02 Å². The van der Waals surface area contributed by atoms with Gasteiger partial charge in [-0.2, -0.15) is 0 Å². The molecule has 18 heavy (non-hydrogen) atoms. The summed E-state index contributed by atoms with van der Waals surface area (Å²) < 4.78 is 5.72. The molecule has 1 fully saturated rings. The van der Waals surface area contributed by atoms with Crippen molar-refractivity contribution in [2.75, 3.05) is 13.2 Å². The lowest BCUT2D eigenvalue weighted by atomic mass is 9.86. The Kier molecular flexibility index (Phi) is 3.04. The van der Waals surface area contributed by atoms with Crippen LogP contribution in [-0.2, 0) is 4.74 Å². The van der Waals surface area contributed by atoms with Gasteiger partial charge in [0, 0.05) is 17.5 Å². The van der Waals surface area contributed by atoms with Gasteiger partial charge in [-0.05, 0) is 36.6 Å². The van der Waals surface area contributed by atoms with E-state index in [0.29, 0.717) is 5.92 Å². The third kappa shape index (κ3) is 2.01. The molecule has 1 aliphatic heterocycles. The molecule has 1 aromatic carbocycles. The molecule has 2 nitrogen and oxygen atoms in total. The molecule has 0 radical (unpaired) electrons. The van der Waals surface area contributed by atoms with E-state index in [4.69, 9.17) is 16.3 Å². The van der Waals surface area contributed by atoms with Crippen molar-refractivity contribution < 1.29 is 4.74 Å². The standard InChI is InChI=1S/C15H16ClNO/c1-10-8-11(12-4-2-3-5-13(12)16)9-14-15(10)18-7-6-17-14/h2-5,9,11,17H,6-8H2,1H3. The summed E-state index contributed by atoms with van der Waals surface area (Å²) in [6, 6.07) is 8.07. The number of benzene rings is 1. The second-order valence-corrected chi connectivity index (χ2v) is 5.20. The lowest BCUT2D eigenvalue weighted by molar-refractivity contribution is 0.190. The van der Waals surface area contributed by atoms with Crippen molar-refractivity contribution in [1.29, 1.82) is 0 Å². The first-order valence-electron chi connectivity index (χ1n) is 6.29. The van der Waals surface area contributed by atoms with Crippen molar-refractivity contribution in [1.82, 2.24) is 5.32 Å². The van der Waals surface area contributed by atoms with Crippen molar-refractivity contribution in [2.24, 2.45) is 0 Å². The molecule has 1 aliphatic carbocycles. The van der Waals surface area contributed by atoms with Gasteiger partial charge in [-0.1, -0.05) is 29.8 Å². The molecule has 1 N–H and O–H groups in total. The topological polar surface area (TPSA) is 21.3 Å². The smallest absolute Gasteiger partial charge is 0.141 e. The van der Waals surface area contributed by atoms with Crippen LogP contribution in [0.3, 0.4) is 0 Å². The first-order valence-corrected chi connectivity index (χ1v) is 6.66. The molecule has 1 aromatic rings. The van der Waals surface area contributed by atoms with Crippen LogP contribution in [0.25, 0.3) is 0 Å². The van der Waals surface area contributed by atoms with Crippen LogP contribution in [0, 0.1) is 0 Å². The normalized spacial score (nSPS) is 22.8. The Balaban J connectivity index is 1.96. The zero-order chi connectivity index (χ0) is 12.5. The van der Waals surface area contributed by atoms with Gasteiger partial charge in [-0.3, -0.25) is 0 Å². The zero-order valence-electron chi connectivity index (χ0n) is 10.4. The van der Waals surface area contributed by atoms with Crippen molar-refractivity contribution in [2.45, 2.75) is 19.3 Å². The third-order valence-corrected chi connectivity index (χ3v) is 3.84. The maximum Gasteiger partial charge on any atom is 0.141 e. The summed E-state index contributed by atoms with van der Waals surface area (Å²) in [5.74, 6) is 1.37. The summed E-state index contributed by atoms with van der Waals surface area (Å²) in [6.07, 6.45) is 3.22. The molecule has 0 aromatic heterocycles. The quantitative estimate of drug-likeness (QED) is 0.834. The minimum Gasteiger partial charge on any atom is -0.490 e. The van der Waals surface area contributed by atoms with E-state index >= 15 is 0 Å².